The zero-order valence-electron chi connectivity index (χ0n) is 86.3. The van der Waals surface area contributed by atoms with E-state index in [4.69, 9.17) is 21.9 Å². The smallest absolute Gasteiger partial charge is 0.238 e. The van der Waals surface area contributed by atoms with Crippen LogP contribution in [0.3, 0.4) is 0 Å². The Morgan fingerprint density at radius 1 is 0.370 bits per heavy atom. The second-order valence-corrected chi connectivity index (χ2v) is 30.7. The summed E-state index contributed by atoms with van der Waals surface area (Å²) in [4.78, 5) is 21.9. The molecule has 0 N–H and O–H groups in total. The molecule has 20 nitrogen and oxygen atoms in total. The van der Waals surface area contributed by atoms with Crippen molar-refractivity contribution >= 4 is 28.9 Å². The zero-order valence-corrected chi connectivity index (χ0v) is 69.3. The van der Waals surface area contributed by atoms with E-state index in [9.17, 15) is 1.37 Å². The third-order valence-electron chi connectivity index (χ3n) is 22.7. The van der Waals surface area contributed by atoms with Crippen LogP contribution in [0.5, 0.6) is 0 Å². The SMILES string of the molecule is Cc1cc(-c2cn3ccnc3n2C)[n+](C)cc1-c1ccccc1.[2H]C(C)(C)c1c[n+](C)c(-c2cn3ccnc3n2C)cc1C1([2H])CCCCC1.[2H]C([2H])([2H])c1c[n+](C)c(-c2cn3ccnc3n2C)cc1-c1ccccc1.[2H]C([2H])([2H])c1cccc(C([2H])([2H])[2H])c1-c1ccc[n+](C)c1-c1cn2ccnc2n1C.[2H]C([2H])([2H])c1cccc(C([2H])([2H])[2H])c1-c1ccc[n+](C)c1-c1cn2ccnc2n1C. The fourth-order valence-corrected chi connectivity index (χ4v) is 16.6. The number of hydrogen-bond donors (Lipinski definition) is 0. The van der Waals surface area contributed by atoms with E-state index in [1.165, 1.54) is 65.2 Å². The highest BCUT2D eigenvalue weighted by Crippen LogP contribution is 2.40. The van der Waals surface area contributed by atoms with Gasteiger partial charge in [0, 0.05) is 199 Å². The third kappa shape index (κ3) is 15.2. The molecule has 4 aromatic carbocycles. The number of imidazole rings is 10. The first-order chi connectivity index (χ1) is 64.2. The second-order valence-electron chi connectivity index (χ2n) is 30.7. The lowest BCUT2D eigenvalue weighted by molar-refractivity contribution is -0.661. The molecule has 0 radical (unpaired) electrons. The van der Waals surface area contributed by atoms with Gasteiger partial charge >= 0.3 is 0 Å². The topological polar surface area (TPSA) is 131 Å². The van der Waals surface area contributed by atoms with E-state index in [-0.39, 0.29) is 33.4 Å². The van der Waals surface area contributed by atoms with E-state index in [2.05, 4.69) is 130 Å². The largest absolute Gasteiger partial charge is 0.308 e. The van der Waals surface area contributed by atoms with Crippen molar-refractivity contribution in [1.82, 2.24) is 69.8 Å². The van der Waals surface area contributed by atoms with Crippen LogP contribution in [0.4, 0.5) is 0 Å². The number of rotatable bonds is 11. The molecule has 0 amide bonds. The number of nitrogens with zero attached hydrogens (tertiary/aromatic N) is 20. The molecule has 1 aliphatic carbocycles. The minimum atomic E-state index is -2.47. The van der Waals surface area contributed by atoms with Crippen LogP contribution in [0, 0.1) is 41.2 Å². The maximum absolute atomic E-state index is 9.23. The van der Waals surface area contributed by atoms with Crippen LogP contribution in [0.2, 0.25) is 0 Å². The van der Waals surface area contributed by atoms with Gasteiger partial charge in [-0.3, -0.25) is 22.0 Å². The first-order valence-corrected chi connectivity index (χ1v) is 39.6. The summed E-state index contributed by atoms with van der Waals surface area (Å²) >= 11 is 0. The molecule has 0 atom stereocenters. The van der Waals surface area contributed by atoms with Gasteiger partial charge in [-0.25, -0.2) is 24.9 Å². The number of aryl methyl sites for hydroxylation is 16. The number of aromatic nitrogens is 20. The molecule has 0 aliphatic heterocycles. The van der Waals surface area contributed by atoms with Gasteiger partial charge in [-0.05, 0) is 139 Å². The van der Waals surface area contributed by atoms with E-state index in [1.807, 2.05) is 226 Å². The van der Waals surface area contributed by atoms with Crippen molar-refractivity contribution in [2.45, 2.75) is 98.9 Å². The van der Waals surface area contributed by atoms with Gasteiger partial charge in [0.2, 0.25) is 57.4 Å². The Bertz CT molecular complexity index is 7390. The molecule has 20 rings (SSSR count). The molecule has 15 aromatic heterocycles. The summed E-state index contributed by atoms with van der Waals surface area (Å²) in [5.41, 5.74) is 18.6. The van der Waals surface area contributed by atoms with Crippen molar-refractivity contribution in [2.24, 2.45) is 70.5 Å². The Kier molecular flexibility index (Phi) is 17.0. The zero-order chi connectivity index (χ0) is 97.5. The predicted octanol–water partition coefficient (Wildman–Crippen LogP) is 17.5. The highest BCUT2D eigenvalue weighted by atomic mass is 15.2. The van der Waals surface area contributed by atoms with Crippen LogP contribution >= 0.6 is 0 Å². The molecule has 0 unspecified atom stereocenters. The molecule has 0 spiro atoms. The molecule has 0 bridgehead atoms. The molecule has 1 fully saturated rings. The normalized spacial score (nSPS) is 15.3. The standard InChI is InChI=1S/C21H29N4.2C20H21N4.2C19H19N4/c1-15(2)18-13-23(3)19(12-17(18)16-8-6-5-7-9-16)20-14-25-11-10-22-21(25)24(20)4;2*1-14-7-5-8-15(2)18(14)16-9-6-11-22(3)19(16)17-13-24-12-10-21-20(24)23(17)4;1-14-12-21(2)17(11-16(14)15-7-5-4-6-8-15)18-13-23-10-9-20-19(23)22(18)3;1-14-11-17(18-13-23-10-9-20-19(23)22(18)3)21(2)12-16(14)15-7-5-4-6-8-15/h10-16H,5-9H2,1-4H3;2*5-13H,1-4H3;2*4-13H,1-3H3/q5*+1/i15D,16D;2*1D3,2D3;1D3;. The van der Waals surface area contributed by atoms with Crippen molar-refractivity contribution < 1.29 is 46.1 Å². The summed E-state index contributed by atoms with van der Waals surface area (Å²) < 4.78 is 168. The average molecular weight is 1600 g/mol. The molecule has 600 valence electrons. The van der Waals surface area contributed by atoms with Gasteiger partial charge in [0.15, 0.2) is 31.0 Å². The lowest BCUT2D eigenvalue weighted by Crippen LogP contribution is -2.33. The van der Waals surface area contributed by atoms with E-state index in [0.717, 1.165) is 117 Å². The minimum absolute atomic E-state index is 0.0163. The summed E-state index contributed by atoms with van der Waals surface area (Å²) in [5.74, 6) is 2.79. The van der Waals surface area contributed by atoms with Crippen LogP contribution < -0.4 is 22.8 Å². The van der Waals surface area contributed by atoms with Crippen LogP contribution in [-0.2, 0) is 70.5 Å². The Morgan fingerprint density at radius 2 is 0.731 bits per heavy atom. The van der Waals surface area contributed by atoms with Crippen molar-refractivity contribution in [2.75, 3.05) is 0 Å². The fraction of sp³-hybridized carbons (Fsp3) is 0.253. The summed E-state index contributed by atoms with van der Waals surface area (Å²) in [6.07, 6.45) is 43.1. The van der Waals surface area contributed by atoms with E-state index in [0.29, 0.717) is 28.1 Å². The third-order valence-corrected chi connectivity index (χ3v) is 22.7. The molecule has 19 aromatic rings. The maximum Gasteiger partial charge on any atom is 0.238 e. The molecular weight excluding hydrogens is 1470 g/mol. The van der Waals surface area contributed by atoms with Crippen molar-refractivity contribution in [3.05, 3.63) is 308 Å². The summed E-state index contributed by atoms with van der Waals surface area (Å²) in [7, 11) is 19.5. The number of hydrogen-bond acceptors (Lipinski definition) is 5. The molecule has 15 heterocycles. The quantitative estimate of drug-likeness (QED) is 0.119. The van der Waals surface area contributed by atoms with E-state index >= 15 is 0 Å². The molecule has 1 aliphatic rings. The van der Waals surface area contributed by atoms with Gasteiger partial charge in [0.1, 0.15) is 63.7 Å². The Hall–Kier alpha value is -13.6. The van der Waals surface area contributed by atoms with Gasteiger partial charge in [-0.2, -0.15) is 22.8 Å². The fourth-order valence-electron chi connectivity index (χ4n) is 16.6. The molecule has 20 heteroatoms. The average Bonchev–Trinajstić information content (AvgIpc) is 1.32. The lowest BCUT2D eigenvalue weighted by atomic mass is 9.80. The monoisotopic (exact) mass is 1600 g/mol. The molecule has 119 heavy (non-hydrogen) atoms. The van der Waals surface area contributed by atoms with Crippen LogP contribution in [0.25, 0.3) is 130 Å². The van der Waals surface area contributed by atoms with Gasteiger partial charge in [0.05, 0.1) is 11.1 Å². The lowest BCUT2D eigenvalue weighted by Gasteiger charge is -2.25. The van der Waals surface area contributed by atoms with Gasteiger partial charge < -0.3 is 22.8 Å². The summed E-state index contributed by atoms with van der Waals surface area (Å²) in [6, 6.07) is 42.5. The maximum atomic E-state index is 9.23. The first kappa shape index (κ1) is 60.8. The van der Waals surface area contributed by atoms with Crippen molar-refractivity contribution in [3.8, 4) is 101 Å². The highest BCUT2D eigenvalue weighted by Gasteiger charge is 2.30. The van der Waals surface area contributed by atoms with Gasteiger partial charge in [-0.15, -0.1) is 0 Å². The number of pyridine rings is 5. The minimum Gasteiger partial charge on any atom is -0.308 e. The molecule has 0 saturated heterocycles. The summed E-state index contributed by atoms with van der Waals surface area (Å²) in [6.45, 7) is -6.04. The Labute approximate surface area is 720 Å². The Morgan fingerprint density at radius 3 is 1.13 bits per heavy atom. The second kappa shape index (κ2) is 33.2. The first-order valence-electron chi connectivity index (χ1n) is 48.1. The van der Waals surface area contributed by atoms with E-state index < -0.39 is 46.0 Å². The predicted molar refractivity (Wildman–Crippen MR) is 474 cm³/mol. The van der Waals surface area contributed by atoms with Crippen molar-refractivity contribution in [3.63, 3.8) is 0 Å². The Balaban J connectivity index is 0.000000124. The van der Waals surface area contributed by atoms with Crippen LogP contribution in [0.15, 0.2) is 263 Å². The highest BCUT2D eigenvalue weighted by molar-refractivity contribution is 5.83. The summed E-state index contributed by atoms with van der Waals surface area (Å²) in [5, 5.41) is 0. The number of fused-ring (bicyclic) bond motifs is 5. The van der Waals surface area contributed by atoms with Gasteiger partial charge in [0.25, 0.3) is 0 Å². The van der Waals surface area contributed by atoms with Crippen LogP contribution in [0.1, 0.15) is 126 Å². The molecule has 1 saturated carbocycles. The molecular formula is C99H109N20+5. The van der Waals surface area contributed by atoms with E-state index in [1.54, 1.807) is 55.2 Å². The van der Waals surface area contributed by atoms with Crippen molar-refractivity contribution in [1.29, 1.82) is 0 Å². The number of benzene rings is 4. The van der Waals surface area contributed by atoms with Crippen LogP contribution in [-0.4, -0.2) is 69.8 Å². The van der Waals surface area contributed by atoms with Gasteiger partial charge in [-0.1, -0.05) is 130 Å².